The van der Waals surface area contributed by atoms with Crippen LogP contribution in [0.1, 0.15) is 43.0 Å². The van der Waals surface area contributed by atoms with Gasteiger partial charge in [-0.25, -0.2) is 0 Å². The average molecular weight is 1190 g/mol. The van der Waals surface area contributed by atoms with Crippen LogP contribution >= 0.6 is 0 Å². The van der Waals surface area contributed by atoms with Crippen molar-refractivity contribution in [3.63, 3.8) is 0 Å². The molecule has 0 bridgehead atoms. The van der Waals surface area contributed by atoms with Crippen LogP contribution < -0.4 is 37.3 Å². The van der Waals surface area contributed by atoms with E-state index in [4.69, 9.17) is 47.4 Å². The van der Waals surface area contributed by atoms with Gasteiger partial charge in [-0.05, 0) is 0 Å². The Hall–Kier alpha value is -5.59. The van der Waals surface area contributed by atoms with Crippen LogP contribution in [0, 0.1) is 0 Å². The standard InChI is InChI=1S/C29H36O6SeSi.C24H24O6Se.C5H12OSi/c1-31-21-35-27-18-25(34-19-22-11-13-24(32-2)14-12-22)17-23(20-36-26-9-7-6-8-10-26)28(27)29(30)33-15-16-37(3,4)5;1-27-16-30-22-13-20(29-14-17-8-10-19(28-2)11-9-17)12-18(23(22)24(25)26)15-31-21-6-4-3-5-7-21;1-7(2,3)5-4-6-5/h6-14,17-18H,15-16,19-21H2,1-5H3;3-13H,14-16H2,1-2H3,(H,25,26);5H,4H2,1-3H3. The van der Waals surface area contributed by atoms with E-state index < -0.39 is 22.1 Å². The Morgan fingerprint density at radius 3 is 1.36 bits per heavy atom. The van der Waals surface area contributed by atoms with Gasteiger partial charge in [-0.2, -0.15) is 0 Å². The Bertz CT molecular complexity index is 2660. The Labute approximate surface area is 457 Å². The van der Waals surface area contributed by atoms with E-state index in [1.807, 2.05) is 103 Å². The monoisotopic (exact) mass is 1190 g/mol. The molecule has 7 rings (SSSR count). The Balaban J connectivity index is 0.000000247. The van der Waals surface area contributed by atoms with Gasteiger partial charge in [-0.3, -0.25) is 0 Å². The molecule has 1 unspecified atom stereocenters. The van der Waals surface area contributed by atoms with Crippen LogP contribution in [0.15, 0.2) is 133 Å². The number of benzene rings is 6. The van der Waals surface area contributed by atoms with E-state index in [9.17, 15) is 14.7 Å². The minimum Gasteiger partial charge on any atom is -0.377 e. The summed E-state index contributed by atoms with van der Waals surface area (Å²) in [7, 11) is 4.11. The number of epoxide rings is 1. The van der Waals surface area contributed by atoms with Crippen molar-refractivity contribution < 1.29 is 62.1 Å². The average Bonchev–Trinajstić information content (AvgIpc) is 4.27. The van der Waals surface area contributed by atoms with Crippen LogP contribution in [0.4, 0.5) is 0 Å². The van der Waals surface area contributed by atoms with E-state index in [1.165, 1.54) is 16.0 Å². The number of carbonyl (C=O) groups excluding carboxylic acids is 1. The van der Waals surface area contributed by atoms with Crippen LogP contribution in [0.2, 0.25) is 45.3 Å². The largest absolute Gasteiger partial charge is 0.377 e. The normalized spacial score (nSPS) is 12.7. The number of aromatic carboxylic acids is 1. The summed E-state index contributed by atoms with van der Waals surface area (Å²) in [6.07, 6.45) is 0. The molecule has 0 radical (unpaired) electrons. The van der Waals surface area contributed by atoms with Gasteiger partial charge in [0.1, 0.15) is 0 Å². The first-order valence-electron chi connectivity index (χ1n) is 24.5. The second kappa shape index (κ2) is 30.8. The molecular formula is C58H72O13Se2Si2. The van der Waals surface area contributed by atoms with Gasteiger partial charge in [0.25, 0.3) is 0 Å². The fraction of sp³-hybridized carbons (Fsp3) is 0.345. The van der Waals surface area contributed by atoms with Gasteiger partial charge < -0.3 is 4.74 Å². The molecule has 1 aliphatic heterocycles. The maximum absolute atomic E-state index is 13.3. The zero-order valence-electron chi connectivity index (χ0n) is 44.8. The molecule has 0 saturated carbocycles. The summed E-state index contributed by atoms with van der Waals surface area (Å²) in [6, 6.07) is 43.6. The third-order valence-electron chi connectivity index (χ3n) is 11.2. The quantitative estimate of drug-likeness (QED) is 0.0238. The maximum Gasteiger partial charge on any atom is 0.0815 e. The van der Waals surface area contributed by atoms with Gasteiger partial charge in [0.2, 0.25) is 0 Å². The molecule has 75 heavy (non-hydrogen) atoms. The summed E-state index contributed by atoms with van der Waals surface area (Å²) in [5.74, 6) is 1.98. The Morgan fingerprint density at radius 2 is 1.00 bits per heavy atom. The Kier molecular flexibility index (Phi) is 24.8. The fourth-order valence-corrected chi connectivity index (χ4v) is 12.4. The van der Waals surface area contributed by atoms with Crippen LogP contribution in [-0.4, -0.2) is 124 Å². The molecule has 0 amide bonds. The molecule has 1 atom stereocenters. The van der Waals surface area contributed by atoms with Crippen molar-refractivity contribution >= 4 is 66.9 Å². The molecule has 13 nitrogen and oxygen atoms in total. The zero-order valence-corrected chi connectivity index (χ0v) is 50.2. The third kappa shape index (κ3) is 21.5. The second-order valence-electron chi connectivity index (χ2n) is 19.4. The van der Waals surface area contributed by atoms with E-state index in [0.29, 0.717) is 64.6 Å². The maximum atomic E-state index is 13.3. The number of esters is 1. The summed E-state index contributed by atoms with van der Waals surface area (Å²) < 4.78 is 57.4. The number of rotatable bonds is 26. The molecule has 1 saturated heterocycles. The van der Waals surface area contributed by atoms with Crippen molar-refractivity contribution in [2.45, 2.75) is 74.9 Å². The van der Waals surface area contributed by atoms with Crippen LogP contribution in [0.5, 0.6) is 34.5 Å². The van der Waals surface area contributed by atoms with Crippen molar-refractivity contribution in [2.75, 3.05) is 55.2 Å². The molecule has 0 aliphatic carbocycles. The second-order valence-corrected chi connectivity index (χ2v) is 34.8. The van der Waals surface area contributed by atoms with E-state index in [0.717, 1.165) is 40.8 Å². The van der Waals surface area contributed by atoms with Gasteiger partial charge in [-0.1, -0.05) is 19.6 Å². The number of hydrogen-bond acceptors (Lipinski definition) is 12. The fourth-order valence-electron chi connectivity index (χ4n) is 6.83. The molecule has 402 valence electrons. The molecule has 0 spiro atoms. The van der Waals surface area contributed by atoms with E-state index in [-0.39, 0.29) is 60.8 Å². The van der Waals surface area contributed by atoms with Gasteiger partial charge in [0.15, 0.2) is 0 Å². The number of ether oxygens (including phenoxy) is 10. The zero-order chi connectivity index (χ0) is 54.2. The van der Waals surface area contributed by atoms with Crippen molar-refractivity contribution in [2.24, 2.45) is 0 Å². The van der Waals surface area contributed by atoms with Gasteiger partial charge in [0, 0.05) is 0 Å². The van der Waals surface area contributed by atoms with Gasteiger partial charge in [-0.15, -0.1) is 0 Å². The topological polar surface area (TPSA) is 150 Å². The summed E-state index contributed by atoms with van der Waals surface area (Å²) in [6.45, 7) is 15.9. The smallest absolute Gasteiger partial charge is 0.0815 e. The molecular weight excluding hydrogens is 1120 g/mol. The van der Waals surface area contributed by atoms with E-state index >= 15 is 0 Å². The van der Waals surface area contributed by atoms with Crippen LogP contribution in [-0.2, 0) is 42.8 Å². The molecule has 1 fully saturated rings. The van der Waals surface area contributed by atoms with Crippen molar-refractivity contribution in [1.29, 1.82) is 0 Å². The van der Waals surface area contributed by atoms with E-state index in [2.05, 4.69) is 51.4 Å². The summed E-state index contributed by atoms with van der Waals surface area (Å²) >= 11 is 0.181. The van der Waals surface area contributed by atoms with Crippen molar-refractivity contribution in [1.82, 2.24) is 0 Å². The van der Waals surface area contributed by atoms with Gasteiger partial charge >= 0.3 is 416 Å². The molecule has 6 aromatic carbocycles. The number of carboxylic acids is 1. The van der Waals surface area contributed by atoms with Crippen LogP contribution in [0.25, 0.3) is 0 Å². The van der Waals surface area contributed by atoms with Crippen molar-refractivity contribution in [3.05, 3.63) is 167 Å². The number of carboxylic acid groups (broad SMARTS) is 1. The SMILES string of the molecule is COCOc1cc(OCc2ccc(OC)cc2)cc(C[Se]c2ccccc2)c1C(=O)O.COCOc1cc(OCc2ccc(OC)cc2)cc(C[Se]c2ccccc2)c1C(=O)OCC[Si](C)(C)C.C[Si](C)(C)C1CO1. The Morgan fingerprint density at radius 1 is 0.573 bits per heavy atom. The number of methoxy groups -OCH3 is 4. The van der Waals surface area contributed by atoms with E-state index in [1.54, 1.807) is 39.5 Å². The molecule has 6 aromatic rings. The predicted octanol–water partition coefficient (Wildman–Crippen LogP) is 10.0. The molecule has 1 heterocycles. The molecule has 1 aliphatic rings. The van der Waals surface area contributed by atoms with Gasteiger partial charge in [0.05, 0.1) is 20.4 Å². The van der Waals surface area contributed by atoms with Crippen molar-refractivity contribution in [3.8, 4) is 34.5 Å². The minimum absolute atomic E-state index is 0.0143. The molecule has 1 N–H and O–H groups in total. The first kappa shape index (κ1) is 60.3. The molecule has 17 heteroatoms. The number of hydrogen-bond donors (Lipinski definition) is 1. The first-order valence-corrected chi connectivity index (χ1v) is 35.9. The number of carbonyl (C=O) groups is 2. The van der Waals surface area contributed by atoms with Crippen LogP contribution in [0.3, 0.4) is 0 Å². The first-order chi connectivity index (χ1) is 36.0. The molecule has 0 aromatic heterocycles. The predicted molar refractivity (Wildman–Crippen MR) is 302 cm³/mol. The summed E-state index contributed by atoms with van der Waals surface area (Å²) in [4.78, 5) is 25.3. The summed E-state index contributed by atoms with van der Waals surface area (Å²) in [5.41, 5.74) is 4.78. The summed E-state index contributed by atoms with van der Waals surface area (Å²) in [5, 5.41) is 11.1. The third-order valence-corrected chi connectivity index (χ3v) is 19.6. The minimum atomic E-state index is -1.34.